The van der Waals surface area contributed by atoms with Crippen LogP contribution in [0.4, 0.5) is 0 Å². The van der Waals surface area contributed by atoms with E-state index in [2.05, 4.69) is 4.90 Å². The van der Waals surface area contributed by atoms with E-state index in [-0.39, 0.29) is 6.04 Å². The largest absolute Gasteiger partial charge is 0.481 e. The molecule has 2 fully saturated rings. The molecule has 1 saturated heterocycles. The minimum Gasteiger partial charge on any atom is -0.481 e. The van der Waals surface area contributed by atoms with Crippen molar-refractivity contribution in [2.45, 2.75) is 25.8 Å². The van der Waals surface area contributed by atoms with Gasteiger partial charge in [-0.15, -0.1) is 0 Å². The van der Waals surface area contributed by atoms with Crippen molar-refractivity contribution in [1.82, 2.24) is 4.90 Å². The molecular formula is C9H15NO2. The number of hydrogen-bond acceptors (Lipinski definition) is 2. The van der Waals surface area contributed by atoms with Crippen molar-refractivity contribution in [3.05, 3.63) is 0 Å². The lowest BCUT2D eigenvalue weighted by Crippen LogP contribution is -2.34. The number of aliphatic carboxylic acids is 1. The van der Waals surface area contributed by atoms with Gasteiger partial charge in [0.2, 0.25) is 0 Å². The molecule has 3 atom stereocenters. The van der Waals surface area contributed by atoms with E-state index >= 15 is 0 Å². The highest BCUT2D eigenvalue weighted by Gasteiger charge is 2.46. The zero-order valence-electron chi connectivity index (χ0n) is 7.36. The lowest BCUT2D eigenvalue weighted by molar-refractivity contribution is -0.138. The fourth-order valence-electron chi connectivity index (χ4n) is 2.18. The monoisotopic (exact) mass is 169 g/mol. The Morgan fingerprint density at radius 3 is 2.67 bits per heavy atom. The van der Waals surface area contributed by atoms with Gasteiger partial charge in [0, 0.05) is 19.1 Å². The fraction of sp³-hybridized carbons (Fsp3) is 0.889. The number of likely N-dealkylation sites (tertiary alicyclic amines) is 1. The van der Waals surface area contributed by atoms with E-state index in [1.165, 1.54) is 6.42 Å². The third kappa shape index (κ3) is 1.46. The maximum absolute atomic E-state index is 10.4. The lowest BCUT2D eigenvalue weighted by atomic mass is 10.2. The van der Waals surface area contributed by atoms with Crippen LogP contribution in [0.2, 0.25) is 0 Å². The van der Waals surface area contributed by atoms with Crippen LogP contribution in [0.15, 0.2) is 0 Å². The highest BCUT2D eigenvalue weighted by Crippen LogP contribution is 2.45. The van der Waals surface area contributed by atoms with Crippen LogP contribution in [0.1, 0.15) is 19.8 Å². The second-order valence-corrected chi connectivity index (χ2v) is 4.16. The van der Waals surface area contributed by atoms with Crippen molar-refractivity contribution in [3.8, 4) is 0 Å². The van der Waals surface area contributed by atoms with Crippen molar-refractivity contribution in [2.75, 3.05) is 13.1 Å². The van der Waals surface area contributed by atoms with Crippen LogP contribution in [-0.2, 0) is 4.79 Å². The molecule has 1 aliphatic heterocycles. The molecule has 12 heavy (non-hydrogen) atoms. The van der Waals surface area contributed by atoms with E-state index in [0.717, 1.165) is 24.9 Å². The maximum Gasteiger partial charge on any atom is 0.304 e. The van der Waals surface area contributed by atoms with Gasteiger partial charge in [-0.1, -0.05) is 0 Å². The second kappa shape index (κ2) is 2.73. The first kappa shape index (κ1) is 8.05. The van der Waals surface area contributed by atoms with Gasteiger partial charge in [0.1, 0.15) is 0 Å². The third-order valence-electron chi connectivity index (χ3n) is 3.10. The maximum atomic E-state index is 10.4. The molecule has 3 nitrogen and oxygen atoms in total. The Morgan fingerprint density at radius 1 is 1.58 bits per heavy atom. The van der Waals surface area contributed by atoms with E-state index in [1.54, 1.807) is 0 Å². The summed E-state index contributed by atoms with van der Waals surface area (Å²) in [5.74, 6) is 1.13. The summed E-state index contributed by atoms with van der Waals surface area (Å²) in [6, 6.07) is 0.232. The highest BCUT2D eigenvalue weighted by atomic mass is 16.4. The standard InChI is InChI=1S/C9H15NO2/c1-6(2-9(11)12)10-4-7-3-8(7)5-10/h6-8H,2-5H2,1H3,(H,11,12). The van der Waals surface area contributed by atoms with Gasteiger partial charge in [-0.3, -0.25) is 9.69 Å². The van der Waals surface area contributed by atoms with E-state index in [1.807, 2.05) is 6.92 Å². The number of carboxylic acid groups (broad SMARTS) is 1. The van der Waals surface area contributed by atoms with E-state index in [0.29, 0.717) is 6.42 Å². The van der Waals surface area contributed by atoms with Gasteiger partial charge in [0.15, 0.2) is 0 Å². The lowest BCUT2D eigenvalue weighted by Gasteiger charge is -2.23. The summed E-state index contributed by atoms with van der Waals surface area (Å²) < 4.78 is 0. The number of carboxylic acids is 1. The Morgan fingerprint density at radius 2 is 2.17 bits per heavy atom. The zero-order valence-corrected chi connectivity index (χ0v) is 7.36. The van der Waals surface area contributed by atoms with Gasteiger partial charge in [0.25, 0.3) is 0 Å². The molecule has 0 radical (unpaired) electrons. The van der Waals surface area contributed by atoms with Gasteiger partial charge in [-0.2, -0.15) is 0 Å². The molecule has 1 aliphatic carbocycles. The number of hydrogen-bond donors (Lipinski definition) is 1. The molecule has 1 N–H and O–H groups in total. The quantitative estimate of drug-likeness (QED) is 0.679. The first-order valence-corrected chi connectivity index (χ1v) is 4.62. The summed E-state index contributed by atoms with van der Waals surface area (Å²) in [7, 11) is 0. The molecule has 3 unspecified atom stereocenters. The van der Waals surface area contributed by atoms with E-state index in [9.17, 15) is 4.79 Å². The number of nitrogens with zero attached hydrogens (tertiary/aromatic N) is 1. The molecule has 2 rings (SSSR count). The molecule has 68 valence electrons. The number of rotatable bonds is 3. The number of carbonyl (C=O) groups is 1. The van der Waals surface area contributed by atoms with Crippen LogP contribution in [0.3, 0.4) is 0 Å². The average Bonchev–Trinajstić information content (AvgIpc) is 2.57. The molecule has 0 bridgehead atoms. The van der Waals surface area contributed by atoms with Crippen molar-refractivity contribution >= 4 is 5.97 Å². The van der Waals surface area contributed by atoms with Gasteiger partial charge >= 0.3 is 5.97 Å². The summed E-state index contributed by atoms with van der Waals surface area (Å²) in [6.45, 7) is 4.29. The molecule has 3 heteroatoms. The summed E-state index contributed by atoms with van der Waals surface area (Å²) in [5, 5.41) is 8.59. The Labute approximate surface area is 72.4 Å². The van der Waals surface area contributed by atoms with Crippen LogP contribution >= 0.6 is 0 Å². The van der Waals surface area contributed by atoms with Gasteiger partial charge in [-0.05, 0) is 25.2 Å². The van der Waals surface area contributed by atoms with Crippen LogP contribution in [0, 0.1) is 11.8 Å². The zero-order chi connectivity index (χ0) is 8.72. The van der Waals surface area contributed by atoms with Crippen LogP contribution in [-0.4, -0.2) is 35.1 Å². The van der Waals surface area contributed by atoms with Crippen LogP contribution < -0.4 is 0 Å². The molecule has 0 aromatic rings. The van der Waals surface area contributed by atoms with Crippen LogP contribution in [0.5, 0.6) is 0 Å². The predicted molar refractivity (Wildman–Crippen MR) is 44.9 cm³/mol. The molecule has 1 saturated carbocycles. The summed E-state index contributed by atoms with van der Waals surface area (Å²) in [6.07, 6.45) is 1.68. The smallest absolute Gasteiger partial charge is 0.304 e. The number of piperidine rings is 1. The third-order valence-corrected chi connectivity index (χ3v) is 3.10. The first-order chi connectivity index (χ1) is 5.66. The SMILES string of the molecule is CC(CC(=O)O)N1CC2CC2C1. The Bertz CT molecular complexity index is 195. The van der Waals surface area contributed by atoms with Crippen molar-refractivity contribution in [2.24, 2.45) is 11.8 Å². The summed E-state index contributed by atoms with van der Waals surface area (Å²) in [5.41, 5.74) is 0. The highest BCUT2D eigenvalue weighted by molar-refractivity contribution is 5.67. The average molecular weight is 169 g/mol. The molecule has 0 spiro atoms. The van der Waals surface area contributed by atoms with Gasteiger partial charge in [0.05, 0.1) is 6.42 Å². The predicted octanol–water partition coefficient (Wildman–Crippen LogP) is 0.801. The molecular weight excluding hydrogens is 154 g/mol. The van der Waals surface area contributed by atoms with Gasteiger partial charge < -0.3 is 5.11 Å². The molecule has 2 aliphatic rings. The van der Waals surface area contributed by atoms with Crippen LogP contribution in [0.25, 0.3) is 0 Å². The van der Waals surface area contributed by atoms with E-state index in [4.69, 9.17) is 5.11 Å². The fourth-order valence-corrected chi connectivity index (χ4v) is 2.18. The van der Waals surface area contributed by atoms with Gasteiger partial charge in [-0.25, -0.2) is 0 Å². The van der Waals surface area contributed by atoms with Crippen molar-refractivity contribution in [3.63, 3.8) is 0 Å². The Hall–Kier alpha value is -0.570. The molecule has 1 heterocycles. The first-order valence-electron chi connectivity index (χ1n) is 4.62. The second-order valence-electron chi connectivity index (χ2n) is 4.16. The molecule has 0 amide bonds. The number of fused-ring (bicyclic) bond motifs is 1. The Balaban J connectivity index is 1.80. The molecule has 0 aromatic carbocycles. The van der Waals surface area contributed by atoms with E-state index < -0.39 is 5.97 Å². The van der Waals surface area contributed by atoms with Crippen molar-refractivity contribution < 1.29 is 9.90 Å². The normalized spacial score (nSPS) is 36.1. The summed E-state index contributed by atoms with van der Waals surface area (Å²) in [4.78, 5) is 12.7. The topological polar surface area (TPSA) is 40.5 Å². The minimum atomic E-state index is -0.678. The summed E-state index contributed by atoms with van der Waals surface area (Å²) >= 11 is 0. The minimum absolute atomic E-state index is 0.232. The molecule has 0 aromatic heterocycles. The van der Waals surface area contributed by atoms with Crippen molar-refractivity contribution in [1.29, 1.82) is 0 Å². The Kier molecular flexibility index (Phi) is 1.83.